The maximum absolute atomic E-state index is 6.02. The molecule has 0 bridgehead atoms. The molecule has 0 aliphatic carbocycles. The Balaban J connectivity index is 1.33. The molecular formula is C23H23ClN6O. The highest BCUT2D eigenvalue weighted by Gasteiger charge is 2.21. The van der Waals surface area contributed by atoms with Crippen molar-refractivity contribution in [3.8, 4) is 5.75 Å². The molecule has 8 heteroatoms. The number of ether oxygens (including phenoxy) is 1. The lowest BCUT2D eigenvalue weighted by molar-refractivity contribution is 0.414. The van der Waals surface area contributed by atoms with E-state index >= 15 is 0 Å². The second-order valence-electron chi connectivity index (χ2n) is 7.54. The Morgan fingerprint density at radius 1 is 0.903 bits per heavy atom. The molecule has 2 aromatic heterocycles. The molecule has 0 saturated carbocycles. The number of methoxy groups -OCH3 is 1. The molecule has 2 aromatic carbocycles. The van der Waals surface area contributed by atoms with Gasteiger partial charge in [0.1, 0.15) is 17.9 Å². The summed E-state index contributed by atoms with van der Waals surface area (Å²) in [4.78, 5) is 13.8. The van der Waals surface area contributed by atoms with Gasteiger partial charge in [0.05, 0.1) is 25.2 Å². The summed E-state index contributed by atoms with van der Waals surface area (Å²) < 4.78 is 7.16. The van der Waals surface area contributed by atoms with Gasteiger partial charge < -0.3 is 14.5 Å². The zero-order valence-electron chi connectivity index (χ0n) is 17.3. The van der Waals surface area contributed by atoms with E-state index in [-0.39, 0.29) is 0 Å². The van der Waals surface area contributed by atoms with Crippen molar-refractivity contribution in [1.29, 1.82) is 0 Å². The molecule has 3 heterocycles. The van der Waals surface area contributed by atoms with Gasteiger partial charge in [-0.25, -0.2) is 14.6 Å². The van der Waals surface area contributed by atoms with Crippen LogP contribution in [0.15, 0.2) is 61.1 Å². The first-order chi connectivity index (χ1) is 15.2. The first-order valence-corrected chi connectivity index (χ1v) is 10.6. The van der Waals surface area contributed by atoms with Gasteiger partial charge in [-0.2, -0.15) is 5.10 Å². The highest BCUT2D eigenvalue weighted by Crippen LogP contribution is 2.26. The van der Waals surface area contributed by atoms with Crippen molar-refractivity contribution in [1.82, 2.24) is 19.7 Å². The lowest BCUT2D eigenvalue weighted by Gasteiger charge is -2.36. The standard InChI is InChI=1S/C23H23ClN6O/c1-31-20-8-2-17(3-9-20)15-30-23-21(14-27-30)22(25-16-26-23)29-12-10-28(11-13-29)19-6-4-18(24)5-7-19/h2-9,14,16H,10-13,15H2,1H3. The number of nitrogens with zero attached hydrogens (tertiary/aromatic N) is 6. The molecule has 0 atom stereocenters. The monoisotopic (exact) mass is 434 g/mol. The smallest absolute Gasteiger partial charge is 0.163 e. The molecule has 7 nitrogen and oxygen atoms in total. The minimum absolute atomic E-state index is 0.647. The average molecular weight is 435 g/mol. The van der Waals surface area contributed by atoms with Crippen LogP contribution in [0.4, 0.5) is 11.5 Å². The molecule has 1 aliphatic rings. The van der Waals surface area contributed by atoms with E-state index in [1.54, 1.807) is 13.4 Å². The predicted octanol–water partition coefficient (Wildman–Crippen LogP) is 3.86. The number of anilines is 2. The summed E-state index contributed by atoms with van der Waals surface area (Å²) in [6.45, 7) is 4.27. The molecule has 31 heavy (non-hydrogen) atoms. The van der Waals surface area contributed by atoms with Crippen molar-refractivity contribution in [3.63, 3.8) is 0 Å². The molecule has 1 saturated heterocycles. The van der Waals surface area contributed by atoms with E-state index in [4.69, 9.17) is 16.3 Å². The van der Waals surface area contributed by atoms with Crippen LogP contribution in [-0.4, -0.2) is 53.0 Å². The van der Waals surface area contributed by atoms with Gasteiger partial charge in [-0.3, -0.25) is 0 Å². The van der Waals surface area contributed by atoms with E-state index in [0.29, 0.717) is 6.54 Å². The Hall–Kier alpha value is -3.32. The first kappa shape index (κ1) is 19.6. The molecule has 4 aromatic rings. The van der Waals surface area contributed by atoms with Crippen LogP contribution in [0.2, 0.25) is 5.02 Å². The van der Waals surface area contributed by atoms with E-state index in [1.165, 1.54) is 5.69 Å². The number of aromatic nitrogens is 4. The maximum Gasteiger partial charge on any atom is 0.163 e. The summed E-state index contributed by atoms with van der Waals surface area (Å²) in [5.74, 6) is 1.79. The first-order valence-electron chi connectivity index (χ1n) is 10.3. The second kappa shape index (κ2) is 8.43. The molecular weight excluding hydrogens is 412 g/mol. The lowest BCUT2D eigenvalue weighted by Crippen LogP contribution is -2.46. The molecule has 0 unspecified atom stereocenters. The Bertz CT molecular complexity index is 1170. The van der Waals surface area contributed by atoms with Crippen LogP contribution in [0.25, 0.3) is 11.0 Å². The van der Waals surface area contributed by atoms with Crippen molar-refractivity contribution in [3.05, 3.63) is 71.6 Å². The average Bonchev–Trinajstić information content (AvgIpc) is 3.23. The summed E-state index contributed by atoms with van der Waals surface area (Å²) in [5, 5.41) is 6.34. The molecule has 1 aliphatic heterocycles. The fourth-order valence-corrected chi connectivity index (χ4v) is 4.11. The van der Waals surface area contributed by atoms with Gasteiger partial charge in [0.15, 0.2) is 5.65 Å². The van der Waals surface area contributed by atoms with Gasteiger partial charge >= 0.3 is 0 Å². The van der Waals surface area contributed by atoms with Crippen molar-refractivity contribution in [2.75, 3.05) is 43.1 Å². The number of halogens is 1. The van der Waals surface area contributed by atoms with Crippen LogP contribution in [0.1, 0.15) is 5.56 Å². The minimum Gasteiger partial charge on any atom is -0.497 e. The topological polar surface area (TPSA) is 59.3 Å². The van der Waals surface area contributed by atoms with Crippen LogP contribution in [0.5, 0.6) is 5.75 Å². The van der Waals surface area contributed by atoms with Gasteiger partial charge in [0.2, 0.25) is 0 Å². The van der Waals surface area contributed by atoms with Crippen LogP contribution >= 0.6 is 11.6 Å². The van der Waals surface area contributed by atoms with E-state index in [2.05, 4.69) is 37.0 Å². The van der Waals surface area contributed by atoms with Crippen molar-refractivity contribution >= 4 is 34.1 Å². The predicted molar refractivity (Wildman–Crippen MR) is 123 cm³/mol. The maximum atomic E-state index is 6.02. The zero-order chi connectivity index (χ0) is 21.2. The van der Waals surface area contributed by atoms with E-state index < -0.39 is 0 Å². The van der Waals surface area contributed by atoms with E-state index in [9.17, 15) is 0 Å². The van der Waals surface area contributed by atoms with Gasteiger partial charge in [-0.05, 0) is 42.0 Å². The Labute approximate surface area is 185 Å². The summed E-state index contributed by atoms with van der Waals surface area (Å²) in [6.07, 6.45) is 3.51. The van der Waals surface area contributed by atoms with Crippen LogP contribution in [0.3, 0.4) is 0 Å². The molecule has 0 radical (unpaired) electrons. The van der Waals surface area contributed by atoms with Crippen molar-refractivity contribution < 1.29 is 4.74 Å². The number of hydrogen-bond donors (Lipinski definition) is 0. The third kappa shape index (κ3) is 4.01. The number of rotatable bonds is 5. The quantitative estimate of drug-likeness (QED) is 0.475. The third-order valence-corrected chi connectivity index (χ3v) is 5.93. The van der Waals surface area contributed by atoms with Gasteiger partial charge in [0.25, 0.3) is 0 Å². The molecule has 1 fully saturated rings. The van der Waals surface area contributed by atoms with Crippen molar-refractivity contribution in [2.24, 2.45) is 0 Å². The van der Waals surface area contributed by atoms with Gasteiger partial charge in [-0.1, -0.05) is 23.7 Å². The highest BCUT2D eigenvalue weighted by atomic mass is 35.5. The largest absolute Gasteiger partial charge is 0.497 e. The Morgan fingerprint density at radius 3 is 2.32 bits per heavy atom. The minimum atomic E-state index is 0.647. The van der Waals surface area contributed by atoms with Crippen LogP contribution in [0, 0.1) is 0 Å². The second-order valence-corrected chi connectivity index (χ2v) is 7.97. The number of piperazine rings is 1. The normalized spacial score (nSPS) is 14.3. The van der Waals surface area contributed by atoms with E-state index in [0.717, 1.165) is 59.4 Å². The fourth-order valence-electron chi connectivity index (χ4n) is 3.98. The fraction of sp³-hybridized carbons (Fsp3) is 0.261. The summed E-state index contributed by atoms with van der Waals surface area (Å²) in [6, 6.07) is 16.0. The molecule has 0 spiro atoms. The molecule has 0 amide bonds. The Morgan fingerprint density at radius 2 is 1.61 bits per heavy atom. The zero-order valence-corrected chi connectivity index (χ0v) is 18.0. The number of hydrogen-bond acceptors (Lipinski definition) is 6. The van der Waals surface area contributed by atoms with E-state index in [1.807, 2.05) is 47.3 Å². The lowest BCUT2D eigenvalue weighted by atomic mass is 10.2. The molecule has 158 valence electrons. The summed E-state index contributed by atoms with van der Waals surface area (Å²) in [7, 11) is 1.67. The van der Waals surface area contributed by atoms with Gasteiger partial charge in [-0.15, -0.1) is 0 Å². The summed E-state index contributed by atoms with van der Waals surface area (Å²) >= 11 is 6.02. The van der Waals surface area contributed by atoms with Crippen molar-refractivity contribution in [2.45, 2.75) is 6.54 Å². The number of fused-ring (bicyclic) bond motifs is 1. The highest BCUT2D eigenvalue weighted by molar-refractivity contribution is 6.30. The molecule has 0 N–H and O–H groups in total. The van der Waals surface area contributed by atoms with Crippen LogP contribution < -0.4 is 14.5 Å². The summed E-state index contributed by atoms with van der Waals surface area (Å²) in [5.41, 5.74) is 3.19. The third-order valence-electron chi connectivity index (χ3n) is 5.67. The van der Waals surface area contributed by atoms with Gasteiger partial charge in [0, 0.05) is 36.9 Å². The SMILES string of the molecule is COc1ccc(Cn2ncc3c(N4CCN(c5ccc(Cl)cc5)CC4)ncnc32)cc1. The Kier molecular flexibility index (Phi) is 5.34. The number of benzene rings is 2. The van der Waals surface area contributed by atoms with Crippen LogP contribution in [-0.2, 0) is 6.54 Å². The molecule has 5 rings (SSSR count).